The summed E-state index contributed by atoms with van der Waals surface area (Å²) in [5.74, 6) is 0.763. The summed E-state index contributed by atoms with van der Waals surface area (Å²) in [4.78, 5) is 11.8. The average Bonchev–Trinajstić information content (AvgIpc) is 2.46. The summed E-state index contributed by atoms with van der Waals surface area (Å²) >= 11 is 1.80. The largest absolute Gasteiger partial charge is 0.355 e. The van der Waals surface area contributed by atoms with Crippen LogP contribution in [0.1, 0.15) is 24.0 Å². The van der Waals surface area contributed by atoms with Gasteiger partial charge in [0.25, 0.3) is 0 Å². The van der Waals surface area contributed by atoms with Crippen LogP contribution >= 0.6 is 11.8 Å². The molecule has 1 aliphatic rings. The normalized spacial score (nSPS) is 16.1. The first-order valence-corrected chi connectivity index (χ1v) is 8.43. The van der Waals surface area contributed by atoms with Crippen LogP contribution < -0.4 is 10.6 Å². The van der Waals surface area contributed by atoms with Crippen LogP contribution in [0.25, 0.3) is 0 Å². The van der Waals surface area contributed by atoms with Gasteiger partial charge in [0.05, 0.1) is 5.75 Å². The Morgan fingerprint density at radius 2 is 2.20 bits per heavy atom. The van der Waals surface area contributed by atoms with E-state index in [2.05, 4.69) is 41.8 Å². The van der Waals surface area contributed by atoms with Crippen LogP contribution in [0.2, 0.25) is 0 Å². The minimum absolute atomic E-state index is 0.168. The van der Waals surface area contributed by atoms with E-state index in [9.17, 15) is 4.79 Å². The number of amides is 1. The van der Waals surface area contributed by atoms with Gasteiger partial charge in [-0.25, -0.2) is 0 Å². The Balaban J connectivity index is 1.60. The molecule has 1 aromatic carbocycles. The Morgan fingerprint density at radius 3 is 2.95 bits per heavy atom. The van der Waals surface area contributed by atoms with Crippen molar-refractivity contribution in [3.8, 4) is 0 Å². The van der Waals surface area contributed by atoms with Crippen LogP contribution in [-0.2, 0) is 11.2 Å². The number of thioether (sulfide) groups is 1. The van der Waals surface area contributed by atoms with Crippen molar-refractivity contribution in [2.24, 2.45) is 0 Å². The highest BCUT2D eigenvalue weighted by atomic mass is 32.2. The van der Waals surface area contributed by atoms with Gasteiger partial charge in [0.15, 0.2) is 0 Å². The van der Waals surface area contributed by atoms with Crippen molar-refractivity contribution < 1.29 is 4.79 Å². The second-order valence-electron chi connectivity index (χ2n) is 5.35. The van der Waals surface area contributed by atoms with E-state index < -0.39 is 0 Å². The molecular formula is C16H24N2OS. The van der Waals surface area contributed by atoms with Crippen LogP contribution in [-0.4, -0.2) is 36.5 Å². The molecule has 1 aliphatic heterocycles. The van der Waals surface area contributed by atoms with Gasteiger partial charge < -0.3 is 10.6 Å². The standard InChI is InChI=1S/C16H24N2OS/c1-13-3-2-4-14(11-13)5-10-18-16(19)12-20-15-6-8-17-9-7-15/h2-4,11,15,17H,5-10,12H2,1H3,(H,18,19). The summed E-state index contributed by atoms with van der Waals surface area (Å²) in [6.45, 7) is 5.01. The van der Waals surface area contributed by atoms with Crippen LogP contribution in [0.3, 0.4) is 0 Å². The minimum atomic E-state index is 0.168. The van der Waals surface area contributed by atoms with Gasteiger partial charge in [0.2, 0.25) is 5.91 Å². The molecule has 0 aliphatic carbocycles. The summed E-state index contributed by atoms with van der Waals surface area (Å²) in [6.07, 6.45) is 3.27. The van der Waals surface area contributed by atoms with Crippen molar-refractivity contribution in [2.75, 3.05) is 25.4 Å². The molecule has 4 heteroatoms. The summed E-state index contributed by atoms with van der Waals surface area (Å²) in [7, 11) is 0. The molecular weight excluding hydrogens is 268 g/mol. The SMILES string of the molecule is Cc1cccc(CCNC(=O)CSC2CCNCC2)c1. The molecule has 1 heterocycles. The topological polar surface area (TPSA) is 41.1 Å². The van der Waals surface area contributed by atoms with Gasteiger partial charge >= 0.3 is 0 Å². The maximum Gasteiger partial charge on any atom is 0.230 e. The number of carbonyl (C=O) groups is 1. The van der Waals surface area contributed by atoms with Crippen molar-refractivity contribution in [2.45, 2.75) is 31.4 Å². The fourth-order valence-electron chi connectivity index (χ4n) is 2.42. The Morgan fingerprint density at radius 1 is 1.40 bits per heavy atom. The zero-order chi connectivity index (χ0) is 14.2. The van der Waals surface area contributed by atoms with Crippen molar-refractivity contribution >= 4 is 17.7 Å². The van der Waals surface area contributed by atoms with Crippen LogP contribution in [0.15, 0.2) is 24.3 Å². The van der Waals surface area contributed by atoms with E-state index in [1.807, 2.05) is 0 Å². The van der Waals surface area contributed by atoms with Crippen molar-refractivity contribution in [3.05, 3.63) is 35.4 Å². The Bertz CT molecular complexity index is 430. The van der Waals surface area contributed by atoms with Gasteiger partial charge in [0.1, 0.15) is 0 Å². The molecule has 1 fully saturated rings. The molecule has 1 amide bonds. The van der Waals surface area contributed by atoms with E-state index in [-0.39, 0.29) is 5.91 Å². The highest BCUT2D eigenvalue weighted by Crippen LogP contribution is 2.19. The van der Waals surface area contributed by atoms with Gasteiger partial charge in [-0.1, -0.05) is 29.8 Å². The molecule has 110 valence electrons. The summed E-state index contributed by atoms with van der Waals surface area (Å²) in [5, 5.41) is 7.01. The minimum Gasteiger partial charge on any atom is -0.355 e. The molecule has 0 radical (unpaired) electrons. The number of piperidine rings is 1. The first-order valence-electron chi connectivity index (χ1n) is 7.38. The molecule has 2 N–H and O–H groups in total. The zero-order valence-electron chi connectivity index (χ0n) is 12.2. The Labute approximate surface area is 125 Å². The molecule has 3 nitrogen and oxygen atoms in total. The Hall–Kier alpha value is -1.00. The summed E-state index contributed by atoms with van der Waals surface area (Å²) < 4.78 is 0. The smallest absolute Gasteiger partial charge is 0.230 e. The van der Waals surface area contributed by atoms with Gasteiger partial charge in [0, 0.05) is 11.8 Å². The van der Waals surface area contributed by atoms with E-state index in [0.29, 0.717) is 11.0 Å². The molecule has 0 spiro atoms. The van der Waals surface area contributed by atoms with Crippen molar-refractivity contribution in [1.29, 1.82) is 0 Å². The van der Waals surface area contributed by atoms with E-state index >= 15 is 0 Å². The summed E-state index contributed by atoms with van der Waals surface area (Å²) in [6, 6.07) is 8.45. The van der Waals surface area contributed by atoms with Gasteiger partial charge in [-0.05, 0) is 44.8 Å². The highest BCUT2D eigenvalue weighted by molar-refractivity contribution is 8.00. The lowest BCUT2D eigenvalue weighted by Gasteiger charge is -2.21. The van der Waals surface area contributed by atoms with Crippen molar-refractivity contribution in [3.63, 3.8) is 0 Å². The van der Waals surface area contributed by atoms with Gasteiger partial charge in [-0.15, -0.1) is 11.8 Å². The predicted molar refractivity (Wildman–Crippen MR) is 86.2 cm³/mol. The zero-order valence-corrected chi connectivity index (χ0v) is 13.0. The number of carbonyl (C=O) groups excluding carboxylic acids is 1. The molecule has 0 saturated carbocycles. The molecule has 20 heavy (non-hydrogen) atoms. The van der Waals surface area contributed by atoms with Gasteiger partial charge in [-0.3, -0.25) is 4.79 Å². The van der Waals surface area contributed by atoms with Crippen LogP contribution in [0, 0.1) is 6.92 Å². The molecule has 0 bridgehead atoms. The number of rotatable bonds is 6. The lowest BCUT2D eigenvalue weighted by molar-refractivity contribution is -0.118. The van der Waals surface area contributed by atoms with Crippen LogP contribution in [0.4, 0.5) is 0 Å². The molecule has 1 saturated heterocycles. The molecule has 0 atom stereocenters. The maximum absolute atomic E-state index is 11.8. The van der Waals surface area contributed by atoms with E-state index in [1.54, 1.807) is 11.8 Å². The third kappa shape index (κ3) is 5.55. The van der Waals surface area contributed by atoms with Crippen LogP contribution in [0.5, 0.6) is 0 Å². The second kappa shape index (κ2) is 8.32. The average molecular weight is 292 g/mol. The number of benzene rings is 1. The van der Waals surface area contributed by atoms with E-state index in [4.69, 9.17) is 0 Å². The molecule has 0 unspecified atom stereocenters. The number of hydrogen-bond donors (Lipinski definition) is 2. The highest BCUT2D eigenvalue weighted by Gasteiger charge is 2.14. The predicted octanol–water partition coefficient (Wildman–Crippen LogP) is 2.14. The van der Waals surface area contributed by atoms with Gasteiger partial charge in [-0.2, -0.15) is 0 Å². The molecule has 2 rings (SSSR count). The fourth-order valence-corrected chi connectivity index (χ4v) is 3.48. The third-order valence-corrected chi connectivity index (χ3v) is 4.93. The monoisotopic (exact) mass is 292 g/mol. The maximum atomic E-state index is 11.8. The molecule has 1 aromatic rings. The quantitative estimate of drug-likeness (QED) is 0.844. The third-order valence-electron chi connectivity index (χ3n) is 3.55. The number of nitrogens with one attached hydrogen (secondary N) is 2. The lowest BCUT2D eigenvalue weighted by Crippen LogP contribution is -2.32. The van der Waals surface area contributed by atoms with Crippen molar-refractivity contribution in [1.82, 2.24) is 10.6 Å². The summed E-state index contributed by atoms with van der Waals surface area (Å²) in [5.41, 5.74) is 2.56. The Kier molecular flexibility index (Phi) is 6.40. The number of aryl methyl sites for hydroxylation is 1. The van der Waals surface area contributed by atoms with E-state index in [0.717, 1.165) is 26.1 Å². The second-order valence-corrected chi connectivity index (χ2v) is 6.64. The fraction of sp³-hybridized carbons (Fsp3) is 0.562. The lowest BCUT2D eigenvalue weighted by atomic mass is 10.1. The first kappa shape index (κ1) is 15.4. The van der Waals surface area contributed by atoms with E-state index in [1.165, 1.54) is 24.0 Å². The molecule has 0 aromatic heterocycles. The first-order chi connectivity index (χ1) is 9.74. The number of hydrogen-bond acceptors (Lipinski definition) is 3.